The van der Waals surface area contributed by atoms with E-state index in [4.69, 9.17) is 9.26 Å². The number of aromatic nitrogens is 3. The van der Waals surface area contributed by atoms with Gasteiger partial charge in [0.15, 0.2) is 5.82 Å². The second-order valence-corrected chi connectivity index (χ2v) is 6.15. The molecule has 0 spiro atoms. The molecule has 0 aliphatic carbocycles. The minimum Gasteiger partial charge on any atom is -0.489 e. The molecule has 1 fully saturated rings. The molecule has 6 nitrogen and oxygen atoms in total. The van der Waals surface area contributed by atoms with Crippen LogP contribution in [0.25, 0.3) is 0 Å². The normalized spacial score (nSPS) is 19.0. The second-order valence-electron chi connectivity index (χ2n) is 6.15. The van der Waals surface area contributed by atoms with E-state index >= 15 is 0 Å². The Hall–Kier alpha value is -1.95. The largest absolute Gasteiger partial charge is 0.489 e. The van der Waals surface area contributed by atoms with Crippen LogP contribution in [0, 0.1) is 5.92 Å². The quantitative estimate of drug-likeness (QED) is 0.816. The summed E-state index contributed by atoms with van der Waals surface area (Å²) in [6.45, 7) is 6.86. The molecule has 0 radical (unpaired) electrons. The van der Waals surface area contributed by atoms with Gasteiger partial charge in [0, 0.05) is 31.9 Å². The first kappa shape index (κ1) is 15.0. The zero-order chi connectivity index (χ0) is 15.4. The van der Waals surface area contributed by atoms with Gasteiger partial charge in [-0.3, -0.25) is 9.88 Å². The first-order chi connectivity index (χ1) is 10.7. The summed E-state index contributed by atoms with van der Waals surface area (Å²) in [5.41, 5.74) is 0. The maximum Gasteiger partial charge on any atom is 0.240 e. The van der Waals surface area contributed by atoms with Crippen LogP contribution in [0.4, 0.5) is 0 Å². The van der Waals surface area contributed by atoms with Crippen molar-refractivity contribution >= 4 is 0 Å². The number of hydrogen-bond acceptors (Lipinski definition) is 6. The van der Waals surface area contributed by atoms with Gasteiger partial charge in [0.05, 0.1) is 6.54 Å². The summed E-state index contributed by atoms with van der Waals surface area (Å²) in [4.78, 5) is 10.7. The van der Waals surface area contributed by atoms with Crippen LogP contribution in [0.15, 0.2) is 29.0 Å². The Balaban J connectivity index is 1.49. The third-order valence-electron chi connectivity index (χ3n) is 3.64. The lowest BCUT2D eigenvalue weighted by Crippen LogP contribution is -2.24. The summed E-state index contributed by atoms with van der Waals surface area (Å²) in [6.07, 6.45) is 5.57. The van der Waals surface area contributed by atoms with Crippen LogP contribution in [0.2, 0.25) is 0 Å². The Bertz CT molecular complexity index is 585. The van der Waals surface area contributed by atoms with Crippen molar-refractivity contribution in [3.8, 4) is 5.75 Å². The molecule has 0 N–H and O–H groups in total. The van der Waals surface area contributed by atoms with Crippen LogP contribution in [0.5, 0.6) is 5.75 Å². The number of rotatable bonds is 6. The Morgan fingerprint density at radius 2 is 2.18 bits per heavy atom. The smallest absolute Gasteiger partial charge is 0.240 e. The van der Waals surface area contributed by atoms with Crippen LogP contribution >= 0.6 is 0 Å². The van der Waals surface area contributed by atoms with E-state index in [9.17, 15) is 0 Å². The first-order valence-corrected chi connectivity index (χ1v) is 7.79. The van der Waals surface area contributed by atoms with Gasteiger partial charge in [-0.25, -0.2) is 0 Å². The highest BCUT2D eigenvalue weighted by Gasteiger charge is 2.25. The molecule has 118 valence electrons. The molecule has 0 saturated carbocycles. The van der Waals surface area contributed by atoms with Crippen molar-refractivity contribution in [1.82, 2.24) is 20.0 Å². The maximum absolute atomic E-state index is 5.95. The fourth-order valence-electron chi connectivity index (χ4n) is 2.64. The van der Waals surface area contributed by atoms with Gasteiger partial charge in [0.1, 0.15) is 11.9 Å². The minimum absolute atomic E-state index is 0.209. The molecule has 1 aliphatic rings. The molecule has 3 heterocycles. The lowest BCUT2D eigenvalue weighted by Gasteiger charge is -2.15. The Morgan fingerprint density at radius 1 is 1.36 bits per heavy atom. The highest BCUT2D eigenvalue weighted by molar-refractivity contribution is 5.17. The molecule has 1 aliphatic heterocycles. The summed E-state index contributed by atoms with van der Waals surface area (Å²) < 4.78 is 11.3. The van der Waals surface area contributed by atoms with Gasteiger partial charge in [0.25, 0.3) is 0 Å². The monoisotopic (exact) mass is 302 g/mol. The molecule has 0 amide bonds. The summed E-state index contributed by atoms with van der Waals surface area (Å²) >= 11 is 0. The third kappa shape index (κ3) is 4.04. The average Bonchev–Trinajstić information content (AvgIpc) is 3.10. The molecule has 2 aromatic rings. The van der Waals surface area contributed by atoms with Crippen LogP contribution < -0.4 is 4.74 Å². The molecule has 3 rings (SSSR count). The lowest BCUT2D eigenvalue weighted by atomic mass is 10.1. The van der Waals surface area contributed by atoms with E-state index < -0.39 is 0 Å². The molecule has 0 unspecified atom stereocenters. The SMILES string of the molecule is CC(C)Cc1noc(CN2CC[C@H](Oc3ccncc3)C2)n1. The average molecular weight is 302 g/mol. The lowest BCUT2D eigenvalue weighted by molar-refractivity contribution is 0.190. The predicted molar refractivity (Wildman–Crippen MR) is 81.4 cm³/mol. The Morgan fingerprint density at radius 3 is 2.95 bits per heavy atom. The van der Waals surface area contributed by atoms with Crippen molar-refractivity contribution in [2.24, 2.45) is 5.92 Å². The number of pyridine rings is 1. The molecule has 22 heavy (non-hydrogen) atoms. The van der Waals surface area contributed by atoms with E-state index in [0.717, 1.165) is 37.5 Å². The number of nitrogens with zero attached hydrogens (tertiary/aromatic N) is 4. The van der Waals surface area contributed by atoms with Gasteiger partial charge in [-0.05, 0) is 24.5 Å². The highest BCUT2D eigenvalue weighted by atomic mass is 16.5. The molecule has 1 saturated heterocycles. The van der Waals surface area contributed by atoms with Crippen molar-refractivity contribution in [2.45, 2.75) is 39.3 Å². The van der Waals surface area contributed by atoms with Crippen molar-refractivity contribution < 1.29 is 9.26 Å². The molecular weight excluding hydrogens is 280 g/mol. The first-order valence-electron chi connectivity index (χ1n) is 7.79. The van der Waals surface area contributed by atoms with Gasteiger partial charge < -0.3 is 9.26 Å². The van der Waals surface area contributed by atoms with E-state index in [1.165, 1.54) is 0 Å². The van der Waals surface area contributed by atoms with Gasteiger partial charge in [0.2, 0.25) is 5.89 Å². The maximum atomic E-state index is 5.95. The zero-order valence-corrected chi connectivity index (χ0v) is 13.1. The minimum atomic E-state index is 0.209. The van der Waals surface area contributed by atoms with Crippen molar-refractivity contribution in [3.63, 3.8) is 0 Å². The highest BCUT2D eigenvalue weighted by Crippen LogP contribution is 2.19. The topological polar surface area (TPSA) is 64.3 Å². The third-order valence-corrected chi connectivity index (χ3v) is 3.64. The number of likely N-dealkylation sites (tertiary alicyclic amines) is 1. The Labute approximate surface area is 130 Å². The van der Waals surface area contributed by atoms with Crippen LogP contribution in [0.1, 0.15) is 32.0 Å². The summed E-state index contributed by atoms with van der Waals surface area (Å²) in [6, 6.07) is 3.78. The van der Waals surface area contributed by atoms with E-state index in [0.29, 0.717) is 18.4 Å². The van der Waals surface area contributed by atoms with Crippen LogP contribution in [-0.2, 0) is 13.0 Å². The van der Waals surface area contributed by atoms with E-state index in [1.807, 2.05) is 12.1 Å². The Kier molecular flexibility index (Phi) is 4.68. The zero-order valence-electron chi connectivity index (χ0n) is 13.1. The molecule has 2 aromatic heterocycles. The predicted octanol–water partition coefficient (Wildman–Crippen LogP) is 2.32. The number of ether oxygens (including phenoxy) is 1. The van der Waals surface area contributed by atoms with E-state index in [2.05, 4.69) is 33.9 Å². The van der Waals surface area contributed by atoms with Crippen LogP contribution in [0.3, 0.4) is 0 Å². The number of hydrogen-bond donors (Lipinski definition) is 0. The molecule has 0 aromatic carbocycles. The van der Waals surface area contributed by atoms with Gasteiger partial charge in [-0.15, -0.1) is 0 Å². The second kappa shape index (κ2) is 6.87. The summed E-state index contributed by atoms with van der Waals surface area (Å²) in [5.74, 6) is 2.91. The fraction of sp³-hybridized carbons (Fsp3) is 0.562. The van der Waals surface area contributed by atoms with Gasteiger partial charge >= 0.3 is 0 Å². The van der Waals surface area contributed by atoms with Crippen molar-refractivity contribution in [3.05, 3.63) is 36.2 Å². The standard InChI is InChI=1S/C16H22N4O2/c1-12(2)9-15-18-16(22-19-15)11-20-8-5-14(10-20)21-13-3-6-17-7-4-13/h3-4,6-7,12,14H,5,8-11H2,1-2H3/t14-/m0/s1. The molecular formula is C16H22N4O2. The summed E-state index contributed by atoms with van der Waals surface area (Å²) in [5, 5.41) is 4.03. The van der Waals surface area contributed by atoms with Gasteiger partial charge in [-0.1, -0.05) is 19.0 Å². The molecule has 1 atom stereocenters. The van der Waals surface area contributed by atoms with E-state index in [1.54, 1.807) is 12.4 Å². The van der Waals surface area contributed by atoms with Crippen molar-refractivity contribution in [1.29, 1.82) is 0 Å². The summed E-state index contributed by atoms with van der Waals surface area (Å²) in [7, 11) is 0. The van der Waals surface area contributed by atoms with Crippen LogP contribution in [-0.4, -0.2) is 39.2 Å². The molecule has 6 heteroatoms. The van der Waals surface area contributed by atoms with Crippen molar-refractivity contribution in [2.75, 3.05) is 13.1 Å². The van der Waals surface area contributed by atoms with E-state index in [-0.39, 0.29) is 6.10 Å². The van der Waals surface area contributed by atoms with Gasteiger partial charge in [-0.2, -0.15) is 4.98 Å². The molecule has 0 bridgehead atoms. The fourth-order valence-corrected chi connectivity index (χ4v) is 2.64.